The van der Waals surface area contributed by atoms with Crippen molar-refractivity contribution in [1.82, 2.24) is 0 Å². The molecule has 0 amide bonds. The minimum absolute atomic E-state index is 4.48. The Morgan fingerprint density at radius 1 is 0.846 bits per heavy atom. The fourth-order valence-corrected chi connectivity index (χ4v) is 0.431. The van der Waals surface area contributed by atoms with E-state index in [-0.39, 0.29) is 0 Å². The number of aliphatic hydroxyl groups excluding tert-OH is 1. The minimum Gasteiger partial charge on any atom is -0.370 e. The summed E-state index contributed by atoms with van der Waals surface area (Å²) in [5, 5.41) is 15.5. The first-order chi connectivity index (χ1) is 5.44. The van der Waals surface area contributed by atoms with Crippen LogP contribution >= 0.6 is 0 Å². The number of halogens is 7. The highest BCUT2D eigenvalue weighted by atomic mass is 19.4. The van der Waals surface area contributed by atoms with Gasteiger partial charge in [-0.3, -0.25) is 0 Å². The molecule has 0 aliphatic carbocycles. The van der Waals surface area contributed by atoms with Gasteiger partial charge in [0.1, 0.15) is 0 Å². The van der Waals surface area contributed by atoms with Gasteiger partial charge in [0.15, 0.2) is 0 Å². The van der Waals surface area contributed by atoms with Crippen molar-refractivity contribution in [3.8, 4) is 0 Å². The Hall–Kier alpha value is -0.570. The lowest BCUT2D eigenvalue weighted by molar-refractivity contribution is -0.405. The molecule has 0 bridgehead atoms. The molecule has 0 heterocycles. The van der Waals surface area contributed by atoms with Gasteiger partial charge in [-0.15, -0.1) is 0 Å². The summed E-state index contributed by atoms with van der Waals surface area (Å²) in [5.41, 5.74) is -5.74. The van der Waals surface area contributed by atoms with Crippen molar-refractivity contribution in [2.75, 3.05) is 0 Å². The van der Waals surface area contributed by atoms with Crippen molar-refractivity contribution in [1.29, 1.82) is 0 Å². The van der Waals surface area contributed by atoms with Crippen molar-refractivity contribution in [3.05, 3.63) is 0 Å². The third-order valence-corrected chi connectivity index (χ3v) is 1.21. The maximum absolute atomic E-state index is 11.6. The van der Waals surface area contributed by atoms with Crippen molar-refractivity contribution >= 4 is 0 Å². The molecule has 0 aliphatic heterocycles. The minimum atomic E-state index is -6.33. The Morgan fingerprint density at radius 2 is 1.08 bits per heavy atom. The summed E-state index contributed by atoms with van der Waals surface area (Å²) in [6, 6.07) is 0. The zero-order chi connectivity index (χ0) is 11.1. The first kappa shape index (κ1) is 12.4. The molecule has 0 aromatic carbocycles. The number of hydrogen-bond acceptors (Lipinski definition) is 2. The van der Waals surface area contributed by atoms with Crippen LogP contribution in [0.4, 0.5) is 30.7 Å². The predicted octanol–water partition coefficient (Wildman–Crippen LogP) is 1.13. The van der Waals surface area contributed by atoms with E-state index in [9.17, 15) is 30.7 Å². The van der Waals surface area contributed by atoms with E-state index in [2.05, 4.69) is 0 Å². The largest absolute Gasteiger partial charge is 0.431 e. The third-order valence-electron chi connectivity index (χ3n) is 1.21. The monoisotopic (exact) mass is 216 g/mol. The smallest absolute Gasteiger partial charge is 0.370 e. The Bertz CT molecular complexity index is 166. The third kappa shape index (κ3) is 1.85. The number of alkyl halides is 7. The van der Waals surface area contributed by atoms with Crippen LogP contribution in [0, 0.1) is 0 Å². The van der Waals surface area contributed by atoms with E-state index in [4.69, 9.17) is 10.2 Å². The van der Waals surface area contributed by atoms with E-state index in [0.717, 1.165) is 0 Å². The molecule has 0 saturated heterocycles. The zero-order valence-corrected chi connectivity index (χ0v) is 5.62. The van der Waals surface area contributed by atoms with Gasteiger partial charge >= 0.3 is 18.0 Å². The van der Waals surface area contributed by atoms with Crippen molar-refractivity contribution in [3.63, 3.8) is 0 Å². The summed E-state index contributed by atoms with van der Waals surface area (Å²) in [7, 11) is 0. The highest BCUT2D eigenvalue weighted by Gasteiger charge is 2.75. The molecule has 2 nitrogen and oxygen atoms in total. The Morgan fingerprint density at radius 3 is 1.08 bits per heavy atom. The first-order valence-corrected chi connectivity index (χ1v) is 2.62. The van der Waals surface area contributed by atoms with Crippen LogP contribution in [0.15, 0.2) is 0 Å². The second-order valence-electron chi connectivity index (χ2n) is 2.10. The summed E-state index contributed by atoms with van der Waals surface area (Å²) < 4.78 is 80.5. The van der Waals surface area contributed by atoms with Crippen LogP contribution in [0.5, 0.6) is 0 Å². The molecule has 0 saturated carbocycles. The van der Waals surface area contributed by atoms with Crippen LogP contribution in [0.3, 0.4) is 0 Å². The molecule has 1 atom stereocenters. The van der Waals surface area contributed by atoms with Gasteiger partial charge in [-0.1, -0.05) is 0 Å². The molecule has 0 rings (SSSR count). The molecule has 0 aliphatic rings. The summed E-state index contributed by atoms with van der Waals surface area (Å²) in [6.07, 6.45) is -17.1. The van der Waals surface area contributed by atoms with E-state index < -0.39 is 24.3 Å². The highest BCUT2D eigenvalue weighted by molar-refractivity contribution is 4.95. The lowest BCUT2D eigenvalue weighted by Crippen LogP contribution is -2.62. The predicted molar refractivity (Wildman–Crippen MR) is 24.2 cm³/mol. The van der Waals surface area contributed by atoms with E-state index in [1.54, 1.807) is 0 Å². The van der Waals surface area contributed by atoms with Gasteiger partial charge in [0.25, 0.3) is 0 Å². The second kappa shape index (κ2) is 2.98. The van der Waals surface area contributed by atoms with Gasteiger partial charge in [-0.2, -0.15) is 26.3 Å². The molecule has 0 spiro atoms. The quantitative estimate of drug-likeness (QED) is 0.645. The Kier molecular flexibility index (Phi) is 2.85. The van der Waals surface area contributed by atoms with Crippen LogP contribution in [0.2, 0.25) is 0 Å². The van der Waals surface area contributed by atoms with Crippen LogP contribution in [-0.4, -0.2) is 34.5 Å². The second-order valence-corrected chi connectivity index (χ2v) is 2.10. The van der Waals surface area contributed by atoms with E-state index in [1.165, 1.54) is 0 Å². The normalized spacial score (nSPS) is 17.3. The standard InChI is InChI=1S/C4H3F7O2/c5-1(12)2(13,3(6,7)8)4(9,10)11/h1,12-13H. The lowest BCUT2D eigenvalue weighted by atomic mass is 10.0. The molecule has 2 N–H and O–H groups in total. The van der Waals surface area contributed by atoms with Gasteiger partial charge in [0.2, 0.25) is 6.36 Å². The van der Waals surface area contributed by atoms with Crippen molar-refractivity contribution < 1.29 is 40.9 Å². The molecule has 9 heteroatoms. The SMILES string of the molecule is OC(F)C(O)(C(F)(F)F)C(F)(F)F. The molecular weight excluding hydrogens is 213 g/mol. The lowest BCUT2D eigenvalue weighted by Gasteiger charge is -2.31. The van der Waals surface area contributed by atoms with Crippen molar-refractivity contribution in [2.45, 2.75) is 24.3 Å². The summed E-state index contributed by atoms with van der Waals surface area (Å²) in [5.74, 6) is 0. The maximum Gasteiger partial charge on any atom is 0.431 e. The summed E-state index contributed by atoms with van der Waals surface area (Å²) >= 11 is 0. The fourth-order valence-electron chi connectivity index (χ4n) is 0.431. The molecule has 0 fully saturated rings. The molecule has 0 radical (unpaired) electrons. The first-order valence-electron chi connectivity index (χ1n) is 2.62. The van der Waals surface area contributed by atoms with Crippen LogP contribution in [0.25, 0.3) is 0 Å². The number of aliphatic hydroxyl groups is 2. The molecule has 13 heavy (non-hydrogen) atoms. The van der Waals surface area contributed by atoms with Gasteiger partial charge in [-0.05, 0) is 0 Å². The van der Waals surface area contributed by atoms with Gasteiger partial charge < -0.3 is 10.2 Å². The Balaban J connectivity index is 5.22. The average Bonchev–Trinajstić information content (AvgIpc) is 1.80. The van der Waals surface area contributed by atoms with Gasteiger partial charge in [0.05, 0.1) is 0 Å². The van der Waals surface area contributed by atoms with E-state index in [0.29, 0.717) is 0 Å². The van der Waals surface area contributed by atoms with Crippen LogP contribution in [-0.2, 0) is 0 Å². The zero-order valence-electron chi connectivity index (χ0n) is 5.62. The molecule has 0 aromatic rings. The highest BCUT2D eigenvalue weighted by Crippen LogP contribution is 2.45. The fraction of sp³-hybridized carbons (Fsp3) is 1.00. The van der Waals surface area contributed by atoms with Crippen LogP contribution < -0.4 is 0 Å². The molecule has 80 valence electrons. The molecular formula is C4H3F7O2. The topological polar surface area (TPSA) is 40.5 Å². The van der Waals surface area contributed by atoms with E-state index in [1.807, 2.05) is 0 Å². The maximum atomic E-state index is 11.6. The van der Waals surface area contributed by atoms with Crippen LogP contribution in [0.1, 0.15) is 0 Å². The number of rotatable bonds is 1. The molecule has 0 aromatic heterocycles. The average molecular weight is 216 g/mol. The summed E-state index contributed by atoms with van der Waals surface area (Å²) in [4.78, 5) is 0. The van der Waals surface area contributed by atoms with Gasteiger partial charge in [0, 0.05) is 0 Å². The molecule has 1 unspecified atom stereocenters. The van der Waals surface area contributed by atoms with Gasteiger partial charge in [-0.25, -0.2) is 4.39 Å². The Labute approximate surface area is 66.6 Å². The number of hydrogen-bond donors (Lipinski definition) is 2. The summed E-state index contributed by atoms with van der Waals surface area (Å²) in [6.45, 7) is 0. The van der Waals surface area contributed by atoms with E-state index >= 15 is 0 Å². The van der Waals surface area contributed by atoms with Crippen molar-refractivity contribution in [2.24, 2.45) is 0 Å².